The molecule has 0 unspecified atom stereocenters. The Labute approximate surface area is 78.0 Å². The second kappa shape index (κ2) is 5.31. The van der Waals surface area contributed by atoms with Gasteiger partial charge in [0.25, 0.3) is 12.3 Å². The van der Waals surface area contributed by atoms with Crippen LogP contribution in [0.3, 0.4) is 0 Å². The van der Waals surface area contributed by atoms with Crippen molar-refractivity contribution in [3.63, 3.8) is 0 Å². The number of carbonyl (C=O) groups is 4. The van der Waals surface area contributed by atoms with Gasteiger partial charge in [0.1, 0.15) is 0 Å². The molecule has 0 heterocycles. The Morgan fingerprint density at radius 1 is 0.846 bits per heavy atom. The van der Waals surface area contributed by atoms with Crippen molar-refractivity contribution in [2.75, 3.05) is 0 Å². The lowest BCUT2D eigenvalue weighted by atomic mass is 10.5. The molecule has 7 heteroatoms. The van der Waals surface area contributed by atoms with Gasteiger partial charge in [-0.15, -0.1) is 0 Å². The fourth-order valence-electron chi connectivity index (χ4n) is 0.196. The van der Waals surface area contributed by atoms with Gasteiger partial charge in [0.2, 0.25) is 11.6 Å². The van der Waals surface area contributed by atoms with E-state index in [0.29, 0.717) is 0 Å². The lowest BCUT2D eigenvalue weighted by Crippen LogP contribution is -2.13. The van der Waals surface area contributed by atoms with Crippen molar-refractivity contribution in [1.82, 2.24) is 0 Å². The fourth-order valence-corrected chi connectivity index (χ4v) is 0.588. The van der Waals surface area contributed by atoms with Crippen LogP contribution in [-0.4, -0.2) is 23.5 Å². The highest BCUT2D eigenvalue weighted by Gasteiger charge is 2.14. The third-order valence-corrected chi connectivity index (χ3v) is 1.23. The van der Waals surface area contributed by atoms with Crippen LogP contribution < -0.4 is 0 Å². The fraction of sp³-hybridized carbons (Fsp3) is 0.333. The van der Waals surface area contributed by atoms with Crippen LogP contribution in [0.2, 0.25) is 0 Å². The Bertz CT molecular complexity index is 232. The molecule has 0 spiro atoms. The topological polar surface area (TPSA) is 86.7 Å². The third-order valence-electron chi connectivity index (χ3n) is 0.794. The van der Waals surface area contributed by atoms with Crippen LogP contribution in [0.5, 0.6) is 0 Å². The molecule has 0 amide bonds. The minimum atomic E-state index is -1.15. The molecule has 0 aromatic carbocycles. The quantitative estimate of drug-likeness (QED) is 0.465. The Balaban J connectivity index is 3.69. The standard InChI is InChI=1S/C6H6O6S/c1-3(7)5(9)11-13-12-6(10)4(2)8/h1-2H3. The van der Waals surface area contributed by atoms with Crippen molar-refractivity contribution in [3.8, 4) is 0 Å². The minimum absolute atomic E-state index is 0.0146. The monoisotopic (exact) mass is 206 g/mol. The molecule has 13 heavy (non-hydrogen) atoms. The van der Waals surface area contributed by atoms with Crippen molar-refractivity contribution in [1.29, 1.82) is 0 Å². The Hall–Kier alpha value is -1.37. The van der Waals surface area contributed by atoms with E-state index in [0.717, 1.165) is 13.8 Å². The highest BCUT2D eigenvalue weighted by Crippen LogP contribution is 2.05. The maximum Gasteiger partial charge on any atom is 0.388 e. The second-order valence-corrected chi connectivity index (χ2v) is 2.39. The van der Waals surface area contributed by atoms with Crippen molar-refractivity contribution < 1.29 is 27.5 Å². The molecule has 6 nitrogen and oxygen atoms in total. The molecule has 0 radical (unpaired) electrons. The number of ketones is 2. The average Bonchev–Trinajstić information content (AvgIpc) is 2.03. The van der Waals surface area contributed by atoms with Crippen molar-refractivity contribution in [2.45, 2.75) is 13.8 Å². The predicted molar refractivity (Wildman–Crippen MR) is 41.1 cm³/mol. The molecule has 72 valence electrons. The van der Waals surface area contributed by atoms with Crippen molar-refractivity contribution in [3.05, 3.63) is 0 Å². The van der Waals surface area contributed by atoms with Crippen LogP contribution in [0, 0.1) is 0 Å². The zero-order chi connectivity index (χ0) is 10.4. The van der Waals surface area contributed by atoms with Gasteiger partial charge in [-0.1, -0.05) is 0 Å². The van der Waals surface area contributed by atoms with Crippen LogP contribution in [0.1, 0.15) is 13.8 Å². The molecule has 0 N–H and O–H groups in total. The molecule has 0 aliphatic heterocycles. The molecular formula is C6H6O6S. The highest BCUT2D eigenvalue weighted by molar-refractivity contribution is 7.90. The third kappa shape index (κ3) is 4.96. The number of Topliss-reactive ketones (excluding diaryl/α,β-unsaturated/α-hetero) is 2. The Morgan fingerprint density at radius 3 is 1.38 bits per heavy atom. The molecule has 0 bridgehead atoms. The Kier molecular flexibility index (Phi) is 4.75. The summed E-state index contributed by atoms with van der Waals surface area (Å²) in [6.07, 6.45) is 0. The predicted octanol–water partition coefficient (Wildman–Crippen LogP) is -0.186. The summed E-state index contributed by atoms with van der Waals surface area (Å²) in [7, 11) is 0. The van der Waals surface area contributed by atoms with E-state index in [9.17, 15) is 19.2 Å². The van der Waals surface area contributed by atoms with Gasteiger partial charge in [-0.3, -0.25) is 9.59 Å². The molecule has 0 fully saturated rings. The normalized spacial score (nSPS) is 8.77. The maximum absolute atomic E-state index is 10.4. The summed E-state index contributed by atoms with van der Waals surface area (Å²) in [6, 6.07) is 0. The van der Waals surface area contributed by atoms with Gasteiger partial charge in [0.15, 0.2) is 0 Å². The lowest BCUT2D eigenvalue weighted by Gasteiger charge is -1.97. The van der Waals surface area contributed by atoms with E-state index >= 15 is 0 Å². The zero-order valence-corrected chi connectivity index (χ0v) is 7.67. The first-order chi connectivity index (χ1) is 5.95. The van der Waals surface area contributed by atoms with Gasteiger partial charge >= 0.3 is 11.9 Å². The number of hydrogen-bond acceptors (Lipinski definition) is 7. The SMILES string of the molecule is CC(=O)C(=O)OSOC(=O)C(C)=O. The first-order valence-electron chi connectivity index (χ1n) is 3.06. The van der Waals surface area contributed by atoms with Gasteiger partial charge in [0.05, 0.1) is 0 Å². The van der Waals surface area contributed by atoms with Crippen LogP contribution in [0.4, 0.5) is 0 Å². The molecular weight excluding hydrogens is 200 g/mol. The first-order valence-corrected chi connectivity index (χ1v) is 3.72. The molecule has 0 aliphatic rings. The summed E-state index contributed by atoms with van der Waals surface area (Å²) in [5.74, 6) is -3.96. The Morgan fingerprint density at radius 2 is 1.15 bits per heavy atom. The van der Waals surface area contributed by atoms with Crippen LogP contribution in [0.25, 0.3) is 0 Å². The van der Waals surface area contributed by atoms with Gasteiger partial charge in [0, 0.05) is 13.8 Å². The molecule has 0 saturated carbocycles. The minimum Gasteiger partial charge on any atom is -0.348 e. The van der Waals surface area contributed by atoms with E-state index in [-0.39, 0.29) is 12.3 Å². The van der Waals surface area contributed by atoms with Crippen molar-refractivity contribution in [2.24, 2.45) is 0 Å². The second-order valence-electron chi connectivity index (χ2n) is 1.92. The number of hydrogen-bond donors (Lipinski definition) is 0. The van der Waals surface area contributed by atoms with Gasteiger partial charge in [-0.2, -0.15) is 0 Å². The van der Waals surface area contributed by atoms with E-state index in [1.165, 1.54) is 0 Å². The summed E-state index contributed by atoms with van der Waals surface area (Å²) in [5.41, 5.74) is 0. The summed E-state index contributed by atoms with van der Waals surface area (Å²) in [5, 5.41) is 0. The van der Waals surface area contributed by atoms with Gasteiger partial charge in [-0.25, -0.2) is 9.59 Å². The summed E-state index contributed by atoms with van der Waals surface area (Å²) >= 11 is -0.0146. The van der Waals surface area contributed by atoms with Gasteiger partial charge in [-0.05, 0) is 0 Å². The molecule has 0 rings (SSSR count). The lowest BCUT2D eigenvalue weighted by molar-refractivity contribution is -0.147. The molecule has 0 atom stereocenters. The van der Waals surface area contributed by atoms with Crippen LogP contribution in [0.15, 0.2) is 0 Å². The van der Waals surface area contributed by atoms with E-state index < -0.39 is 23.5 Å². The van der Waals surface area contributed by atoms with E-state index in [1.54, 1.807) is 0 Å². The zero-order valence-electron chi connectivity index (χ0n) is 6.86. The smallest absolute Gasteiger partial charge is 0.348 e. The summed E-state index contributed by atoms with van der Waals surface area (Å²) < 4.78 is 8.11. The molecule has 0 aliphatic carbocycles. The number of carbonyl (C=O) groups excluding carboxylic acids is 4. The van der Waals surface area contributed by atoms with E-state index in [1.807, 2.05) is 0 Å². The molecule has 0 aromatic heterocycles. The van der Waals surface area contributed by atoms with Crippen LogP contribution >= 0.6 is 12.3 Å². The average molecular weight is 206 g/mol. The highest BCUT2D eigenvalue weighted by atomic mass is 32.2. The largest absolute Gasteiger partial charge is 0.388 e. The first kappa shape index (κ1) is 11.6. The summed E-state index contributed by atoms with van der Waals surface area (Å²) in [6.45, 7) is 1.99. The van der Waals surface area contributed by atoms with Crippen LogP contribution in [-0.2, 0) is 27.5 Å². The number of rotatable bonds is 4. The maximum atomic E-state index is 10.4. The van der Waals surface area contributed by atoms with Gasteiger partial charge < -0.3 is 8.37 Å². The molecule has 0 aromatic rings. The van der Waals surface area contributed by atoms with Crippen molar-refractivity contribution >= 4 is 35.8 Å². The summed E-state index contributed by atoms with van der Waals surface area (Å²) in [4.78, 5) is 41.4. The molecule has 0 saturated heterocycles. The van der Waals surface area contributed by atoms with E-state index in [4.69, 9.17) is 0 Å². The van der Waals surface area contributed by atoms with E-state index in [2.05, 4.69) is 8.37 Å².